The van der Waals surface area contributed by atoms with E-state index in [9.17, 15) is 30.0 Å². The first-order valence-corrected chi connectivity index (χ1v) is 19.6. The van der Waals surface area contributed by atoms with Gasteiger partial charge in [0.2, 0.25) is 5.91 Å². The predicted molar refractivity (Wildman–Crippen MR) is 187 cm³/mol. The highest BCUT2D eigenvalue weighted by Gasteiger charge is 2.61. The van der Waals surface area contributed by atoms with Crippen LogP contribution in [0.1, 0.15) is 125 Å². The van der Waals surface area contributed by atoms with E-state index in [1.807, 2.05) is 0 Å². The van der Waals surface area contributed by atoms with E-state index in [-0.39, 0.29) is 17.9 Å². The lowest BCUT2D eigenvalue weighted by Gasteiger charge is -2.61. The molecule has 2 amide bonds. The molecule has 0 spiro atoms. The SMILES string of the molecule is CO[C@]1(C(=O)N[C@@H]2CC[C@@]3(C)C(CCC4C5CCC(C(C)CCCC(C)C)[C@@]5(C)CCC43)C2)C[C@H](O)[C@@H](NC(C)=O)[C@H]([C@H](O)[C@H](O)CO)O1. The number of hydrogen-bond acceptors (Lipinski definition) is 8. The lowest BCUT2D eigenvalue weighted by atomic mass is 9.44. The van der Waals surface area contributed by atoms with Crippen molar-refractivity contribution >= 4 is 11.8 Å². The first kappa shape index (κ1) is 38.9. The van der Waals surface area contributed by atoms with Crippen molar-refractivity contribution in [1.82, 2.24) is 10.6 Å². The second kappa shape index (κ2) is 15.4. The van der Waals surface area contributed by atoms with Crippen LogP contribution in [0, 0.1) is 52.3 Å². The van der Waals surface area contributed by atoms with Crippen LogP contribution in [0.4, 0.5) is 0 Å². The summed E-state index contributed by atoms with van der Waals surface area (Å²) in [6, 6.07) is -1.19. The van der Waals surface area contributed by atoms with E-state index in [2.05, 4.69) is 45.3 Å². The van der Waals surface area contributed by atoms with Crippen LogP contribution < -0.4 is 10.6 Å². The average Bonchev–Trinajstić information content (AvgIpc) is 3.42. The Balaban J connectivity index is 1.24. The summed E-state index contributed by atoms with van der Waals surface area (Å²) >= 11 is 0. The first-order valence-electron chi connectivity index (χ1n) is 19.6. The zero-order valence-electron chi connectivity index (χ0n) is 31.3. The molecule has 0 aromatic carbocycles. The number of carbonyl (C=O) groups excluding carboxylic acids is 2. The zero-order valence-corrected chi connectivity index (χ0v) is 31.3. The van der Waals surface area contributed by atoms with Gasteiger partial charge in [-0.15, -0.1) is 0 Å². The van der Waals surface area contributed by atoms with Crippen LogP contribution in [-0.4, -0.2) is 88.2 Å². The number of aliphatic hydroxyl groups excluding tert-OH is 4. The highest BCUT2D eigenvalue weighted by Crippen LogP contribution is 2.68. The maximum Gasteiger partial charge on any atom is 0.280 e. The summed E-state index contributed by atoms with van der Waals surface area (Å²) in [4.78, 5) is 25.9. The lowest BCUT2D eigenvalue weighted by molar-refractivity contribution is -0.296. The third-order valence-corrected chi connectivity index (χ3v) is 14.7. The van der Waals surface area contributed by atoms with E-state index < -0.39 is 54.7 Å². The Bertz CT molecular complexity index is 1150. The van der Waals surface area contributed by atoms with Gasteiger partial charge in [-0.25, -0.2) is 0 Å². The van der Waals surface area contributed by atoms with E-state index in [0.717, 1.165) is 54.8 Å². The average molecular weight is 693 g/mol. The van der Waals surface area contributed by atoms with E-state index in [4.69, 9.17) is 9.47 Å². The molecule has 282 valence electrons. The molecule has 0 bridgehead atoms. The molecule has 6 unspecified atom stereocenters. The number of amides is 2. The molecule has 15 atom stereocenters. The van der Waals surface area contributed by atoms with Gasteiger partial charge in [0.05, 0.1) is 18.8 Å². The summed E-state index contributed by atoms with van der Waals surface area (Å²) in [5.41, 5.74) is 0.716. The van der Waals surface area contributed by atoms with Gasteiger partial charge < -0.3 is 40.5 Å². The second-order valence-corrected chi connectivity index (χ2v) is 17.9. The minimum absolute atomic E-state index is 0.0780. The molecule has 1 aliphatic heterocycles. The Hall–Kier alpha value is -1.30. The molecule has 0 radical (unpaired) electrons. The summed E-state index contributed by atoms with van der Waals surface area (Å²) in [6.07, 6.45) is 8.44. The lowest BCUT2D eigenvalue weighted by Crippen LogP contribution is -2.69. The number of aliphatic hydroxyl groups is 4. The molecule has 5 rings (SSSR count). The Labute approximate surface area is 294 Å². The summed E-state index contributed by atoms with van der Waals surface area (Å²) < 4.78 is 11.7. The zero-order chi connectivity index (χ0) is 35.9. The minimum atomic E-state index is -1.94. The van der Waals surface area contributed by atoms with Crippen LogP contribution in [0.25, 0.3) is 0 Å². The van der Waals surface area contributed by atoms with Crippen molar-refractivity contribution in [2.45, 2.75) is 167 Å². The fraction of sp³-hybridized carbons (Fsp3) is 0.949. The van der Waals surface area contributed by atoms with Crippen molar-refractivity contribution in [2.75, 3.05) is 13.7 Å². The van der Waals surface area contributed by atoms with E-state index in [1.165, 1.54) is 71.8 Å². The van der Waals surface area contributed by atoms with Crippen LogP contribution in [-0.2, 0) is 19.1 Å². The fourth-order valence-electron chi connectivity index (χ4n) is 12.1. The number of carbonyl (C=O) groups is 2. The van der Waals surface area contributed by atoms with Gasteiger partial charge in [0, 0.05) is 26.5 Å². The van der Waals surface area contributed by atoms with Crippen molar-refractivity contribution in [3.63, 3.8) is 0 Å². The molecule has 0 aromatic heterocycles. The van der Waals surface area contributed by atoms with Gasteiger partial charge in [0.15, 0.2) is 0 Å². The fourth-order valence-corrected chi connectivity index (χ4v) is 12.1. The van der Waals surface area contributed by atoms with Gasteiger partial charge in [-0.05, 0) is 110 Å². The maximum absolute atomic E-state index is 14.0. The molecule has 10 nitrogen and oxygen atoms in total. The Morgan fingerprint density at radius 2 is 1.63 bits per heavy atom. The molecule has 1 heterocycles. The number of methoxy groups -OCH3 is 1. The monoisotopic (exact) mass is 692 g/mol. The number of nitrogens with one attached hydrogen (secondary N) is 2. The molecule has 5 fully saturated rings. The molecule has 5 aliphatic rings. The van der Waals surface area contributed by atoms with Crippen molar-refractivity contribution in [1.29, 1.82) is 0 Å². The molecule has 6 N–H and O–H groups in total. The van der Waals surface area contributed by atoms with Crippen LogP contribution in [0.5, 0.6) is 0 Å². The van der Waals surface area contributed by atoms with Gasteiger partial charge in [-0.2, -0.15) is 0 Å². The van der Waals surface area contributed by atoms with E-state index >= 15 is 0 Å². The number of hydrogen-bond donors (Lipinski definition) is 6. The van der Waals surface area contributed by atoms with Gasteiger partial charge in [0.25, 0.3) is 11.7 Å². The topological polar surface area (TPSA) is 158 Å². The summed E-state index contributed by atoms with van der Waals surface area (Å²) in [6.45, 7) is 12.9. The Morgan fingerprint density at radius 1 is 0.939 bits per heavy atom. The molecule has 4 aliphatic carbocycles. The van der Waals surface area contributed by atoms with E-state index in [1.54, 1.807) is 0 Å². The molecule has 4 saturated carbocycles. The van der Waals surface area contributed by atoms with Gasteiger partial charge in [-0.3, -0.25) is 9.59 Å². The largest absolute Gasteiger partial charge is 0.394 e. The smallest absolute Gasteiger partial charge is 0.280 e. The van der Waals surface area contributed by atoms with Crippen LogP contribution in [0.15, 0.2) is 0 Å². The van der Waals surface area contributed by atoms with Crippen LogP contribution in [0.3, 0.4) is 0 Å². The molecular weight excluding hydrogens is 624 g/mol. The highest BCUT2D eigenvalue weighted by molar-refractivity contribution is 5.84. The van der Waals surface area contributed by atoms with Crippen molar-refractivity contribution < 1.29 is 39.5 Å². The van der Waals surface area contributed by atoms with Crippen LogP contribution in [0.2, 0.25) is 0 Å². The van der Waals surface area contributed by atoms with Crippen LogP contribution >= 0.6 is 0 Å². The van der Waals surface area contributed by atoms with Crippen molar-refractivity contribution in [3.8, 4) is 0 Å². The molecule has 49 heavy (non-hydrogen) atoms. The number of fused-ring (bicyclic) bond motifs is 5. The van der Waals surface area contributed by atoms with Gasteiger partial charge in [0.1, 0.15) is 18.3 Å². The summed E-state index contributed by atoms with van der Waals surface area (Å²) in [7, 11) is 1.31. The third-order valence-electron chi connectivity index (χ3n) is 14.7. The highest BCUT2D eigenvalue weighted by atomic mass is 16.7. The first-order chi connectivity index (χ1) is 23.1. The molecular formula is C39H68N2O8. The van der Waals surface area contributed by atoms with Crippen molar-refractivity contribution in [2.24, 2.45) is 52.3 Å². The molecule has 0 aromatic rings. The predicted octanol–water partition coefficient (Wildman–Crippen LogP) is 4.30. The molecule has 10 heteroatoms. The van der Waals surface area contributed by atoms with Gasteiger partial charge in [-0.1, -0.05) is 53.9 Å². The minimum Gasteiger partial charge on any atom is -0.394 e. The summed E-state index contributed by atoms with van der Waals surface area (Å²) in [5.74, 6) is 2.33. The second-order valence-electron chi connectivity index (χ2n) is 17.9. The Morgan fingerprint density at radius 3 is 2.29 bits per heavy atom. The van der Waals surface area contributed by atoms with Crippen molar-refractivity contribution in [3.05, 3.63) is 0 Å². The standard InChI is InChI=1S/C39H68N2O8/c1-22(2)9-8-10-23(3)28-13-14-29-27-12-11-25-19-26(15-17-37(25,5)30(27)16-18-38(28,29)6)41-36(47)39(48-7)20-31(44)33(40-24(4)43)35(49-39)34(46)32(45)21-42/h22-23,25-35,42,44-46H,8-21H2,1-7H3,(H,40,43)(H,41,47)/t23?,25?,26-,27?,28?,29?,30?,31+,32-,33-,34-,35-,37+,38-,39-/m1/s1. The number of ether oxygens (including phenoxy) is 2. The third kappa shape index (κ3) is 7.48. The normalized spacial score (nSPS) is 43.9. The summed E-state index contributed by atoms with van der Waals surface area (Å²) in [5, 5.41) is 47.3. The quantitative estimate of drug-likeness (QED) is 0.177. The molecule has 1 saturated heterocycles. The van der Waals surface area contributed by atoms with Gasteiger partial charge >= 0.3 is 0 Å². The number of rotatable bonds is 12. The maximum atomic E-state index is 14.0. The Kier molecular flexibility index (Phi) is 12.2. The van der Waals surface area contributed by atoms with E-state index in [0.29, 0.717) is 11.3 Å².